The monoisotopic (exact) mass is 448 g/mol. The lowest BCUT2D eigenvalue weighted by atomic mass is 9.96. The lowest BCUT2D eigenvalue weighted by Gasteiger charge is -2.41. The van der Waals surface area contributed by atoms with E-state index in [0.717, 1.165) is 6.20 Å². The first-order valence-corrected chi connectivity index (χ1v) is 10.7. The van der Waals surface area contributed by atoms with Gasteiger partial charge in [0.2, 0.25) is 0 Å². The van der Waals surface area contributed by atoms with Crippen LogP contribution in [0.5, 0.6) is 0 Å². The third kappa shape index (κ3) is 3.65. The maximum Gasteiger partial charge on any atom is 0.330 e. The molecule has 2 N–H and O–H groups in total. The molecule has 3 rings (SSSR count). The number of ether oxygens (including phenoxy) is 1. The van der Waals surface area contributed by atoms with Gasteiger partial charge in [-0.25, -0.2) is 13.6 Å². The molecule has 0 spiro atoms. The van der Waals surface area contributed by atoms with Gasteiger partial charge in [0.25, 0.3) is 12.0 Å². The third-order valence-electron chi connectivity index (χ3n) is 4.02. The molecule has 0 amide bonds. The Morgan fingerprint density at radius 3 is 2.78 bits per heavy atom. The van der Waals surface area contributed by atoms with Crippen molar-refractivity contribution in [2.75, 3.05) is 6.61 Å². The summed E-state index contributed by atoms with van der Waals surface area (Å²) >= 11 is 10.8. The Bertz CT molecular complexity index is 896. The van der Waals surface area contributed by atoms with Gasteiger partial charge < -0.3 is 18.9 Å². The second-order valence-electron chi connectivity index (χ2n) is 6.30. The molecule has 2 aliphatic rings. The fourth-order valence-electron chi connectivity index (χ4n) is 2.84. The maximum absolute atomic E-state index is 13.9. The predicted molar refractivity (Wildman–Crippen MR) is 92.5 cm³/mol. The van der Waals surface area contributed by atoms with Crippen molar-refractivity contribution in [1.29, 1.82) is 0 Å². The highest BCUT2D eigenvalue weighted by Gasteiger charge is 2.66. The molecule has 0 bridgehead atoms. The molecule has 0 saturated carbocycles. The molecule has 1 aromatic heterocycles. The van der Waals surface area contributed by atoms with Crippen LogP contribution in [0.25, 0.3) is 0 Å². The van der Waals surface area contributed by atoms with E-state index in [1.807, 2.05) is 4.98 Å². The average molecular weight is 449 g/mol. The smallest absolute Gasteiger partial charge is 0.330 e. The van der Waals surface area contributed by atoms with Crippen molar-refractivity contribution in [3.63, 3.8) is 0 Å². The van der Waals surface area contributed by atoms with E-state index >= 15 is 0 Å². The molecule has 0 aliphatic carbocycles. The number of aliphatic hydroxyl groups is 1. The molecule has 0 radical (unpaired) electrons. The molecule has 2 fully saturated rings. The summed E-state index contributed by atoms with van der Waals surface area (Å²) in [6.07, 6.45) is -7.65. The van der Waals surface area contributed by atoms with Crippen LogP contribution in [0.4, 0.5) is 8.78 Å². The van der Waals surface area contributed by atoms with Gasteiger partial charge in [0, 0.05) is 6.20 Å². The lowest BCUT2D eigenvalue weighted by molar-refractivity contribution is -0.204. The van der Waals surface area contributed by atoms with Crippen molar-refractivity contribution in [1.82, 2.24) is 9.55 Å². The second kappa shape index (κ2) is 7.27. The van der Waals surface area contributed by atoms with E-state index in [1.165, 1.54) is 0 Å². The van der Waals surface area contributed by atoms with Gasteiger partial charge in [0.1, 0.15) is 17.2 Å². The fourth-order valence-corrected chi connectivity index (χ4v) is 5.57. The van der Waals surface area contributed by atoms with Crippen LogP contribution in [-0.2, 0) is 30.1 Å². The first kappa shape index (κ1) is 21.0. The van der Waals surface area contributed by atoms with E-state index in [-0.39, 0.29) is 0 Å². The number of aromatic nitrogens is 2. The lowest BCUT2D eigenvalue weighted by Crippen LogP contribution is -2.56. The summed E-state index contributed by atoms with van der Waals surface area (Å²) in [4.78, 5) is 25.3. The van der Waals surface area contributed by atoms with Crippen LogP contribution in [0.3, 0.4) is 0 Å². The highest BCUT2D eigenvalue weighted by molar-refractivity contribution is 8.07. The van der Waals surface area contributed by atoms with E-state index in [4.69, 9.17) is 41.7 Å². The van der Waals surface area contributed by atoms with Gasteiger partial charge in [-0.05, 0) is 25.7 Å². The summed E-state index contributed by atoms with van der Waals surface area (Å²) in [7, 11) is 0. The van der Waals surface area contributed by atoms with Gasteiger partial charge >= 0.3 is 12.4 Å². The van der Waals surface area contributed by atoms with E-state index in [2.05, 4.69) is 0 Å². The largest absolute Gasteiger partial charge is 0.386 e. The number of aromatic amines is 1. The first-order chi connectivity index (χ1) is 12.5. The van der Waals surface area contributed by atoms with E-state index in [0.29, 0.717) is 4.57 Å². The van der Waals surface area contributed by atoms with Gasteiger partial charge in [-0.1, -0.05) is 11.6 Å². The van der Waals surface area contributed by atoms with Gasteiger partial charge in [0.15, 0.2) is 11.8 Å². The fraction of sp³-hybridized carbons (Fsp3) is 0.692. The molecule has 0 aromatic carbocycles. The zero-order chi connectivity index (χ0) is 20.1. The number of aliphatic hydroxyl groups excluding tert-OH is 1. The molecule has 14 heteroatoms. The normalized spacial score (nSPS) is 36.4. The number of nitrogens with one attached hydrogen (secondary N) is 1. The second-order valence-corrected chi connectivity index (χ2v) is 9.62. The molecule has 152 valence electrons. The molecule has 5 atom stereocenters. The van der Waals surface area contributed by atoms with E-state index in [1.54, 1.807) is 13.8 Å². The Hall–Kier alpha value is -0.720. The number of nitrogens with zero attached hydrogens (tertiary/aromatic N) is 1. The minimum atomic E-state index is -3.42. The molecule has 1 aromatic rings. The summed E-state index contributed by atoms with van der Waals surface area (Å²) in [5.41, 5.74) is -4.25. The Morgan fingerprint density at radius 1 is 1.52 bits per heavy atom. The van der Waals surface area contributed by atoms with Crippen LogP contribution in [0.1, 0.15) is 20.1 Å². The number of rotatable bonds is 4. The molecule has 27 heavy (non-hydrogen) atoms. The Labute approximate surface area is 161 Å². The van der Waals surface area contributed by atoms with Gasteiger partial charge in [0.05, 0.1) is 12.7 Å². The number of hydrogen-bond donors (Lipinski definition) is 2. The summed E-state index contributed by atoms with van der Waals surface area (Å²) in [6, 6.07) is 0. The summed E-state index contributed by atoms with van der Waals surface area (Å²) in [5.74, 6) is 0. The van der Waals surface area contributed by atoms with Crippen molar-refractivity contribution < 1.29 is 32.2 Å². The summed E-state index contributed by atoms with van der Waals surface area (Å²) in [5, 5.41) is 10.2. The van der Waals surface area contributed by atoms with Crippen LogP contribution in [0.2, 0.25) is 5.02 Å². The van der Waals surface area contributed by atoms with Crippen LogP contribution >= 0.6 is 18.3 Å². The quantitative estimate of drug-likeness (QED) is 0.660. The van der Waals surface area contributed by atoms with Crippen molar-refractivity contribution in [2.24, 2.45) is 0 Å². The van der Waals surface area contributed by atoms with Crippen LogP contribution in [0, 0.1) is 0 Å². The minimum absolute atomic E-state index is 0.392. The zero-order valence-electron chi connectivity index (χ0n) is 14.0. The number of H-pyrrole nitrogens is 1. The predicted octanol–water partition coefficient (Wildman–Crippen LogP) is 1.15. The van der Waals surface area contributed by atoms with Gasteiger partial charge in [-0.2, -0.15) is 0 Å². The van der Waals surface area contributed by atoms with E-state index in [9.17, 15) is 23.5 Å². The van der Waals surface area contributed by atoms with Crippen LogP contribution in [0.15, 0.2) is 15.8 Å². The zero-order valence-corrected chi connectivity index (χ0v) is 16.5. The van der Waals surface area contributed by atoms with Crippen molar-refractivity contribution in [3.8, 4) is 0 Å². The Kier molecular flexibility index (Phi) is 5.65. The number of fused-ring (bicyclic) bond motifs is 1. The molecule has 9 nitrogen and oxygen atoms in total. The van der Waals surface area contributed by atoms with E-state index < -0.39 is 66.2 Å². The molecular weight excluding hydrogens is 433 g/mol. The maximum atomic E-state index is 13.9. The van der Waals surface area contributed by atoms with Crippen LogP contribution in [-0.4, -0.2) is 51.6 Å². The summed E-state index contributed by atoms with van der Waals surface area (Å²) in [6.45, 7) is -0.818. The third-order valence-corrected chi connectivity index (χ3v) is 6.74. The first-order valence-electron chi connectivity index (χ1n) is 7.75. The molecule has 3 heterocycles. The van der Waals surface area contributed by atoms with Gasteiger partial charge in [-0.15, -0.1) is 0 Å². The van der Waals surface area contributed by atoms with Crippen molar-refractivity contribution in [2.45, 2.75) is 50.4 Å². The standard InChI is InChI=1S/C13H16ClF2N2O7PS/c1-5(2)24-26(27)22-4-13(11(15)16)8(25-26)7(19)10(23-13)18-3-6(14)9(20)17-12(18)21/h3,5,7-8,10-11,19H,4H2,1-2H3,(H,17,20,21)/t7-,8?,10-,13-,26?/m1/s1. The van der Waals surface area contributed by atoms with Gasteiger partial charge in [-0.3, -0.25) is 18.9 Å². The number of hydrogen-bond acceptors (Lipinski definition) is 8. The number of alkyl halides is 2. The SMILES string of the molecule is CC(C)OP1(=S)OC[C@@]2(C(F)F)O[C@@H](n3cc(Cl)c(=O)[nH]c3=O)[C@H](O)C2O1. The van der Waals surface area contributed by atoms with Crippen LogP contribution < -0.4 is 11.2 Å². The Balaban J connectivity index is 2.01. The minimum Gasteiger partial charge on any atom is -0.386 e. The van der Waals surface area contributed by atoms with Crippen molar-refractivity contribution in [3.05, 3.63) is 32.1 Å². The van der Waals surface area contributed by atoms with Crippen molar-refractivity contribution >= 4 is 30.1 Å². The summed E-state index contributed by atoms with van der Waals surface area (Å²) < 4.78 is 49.8. The molecule has 2 saturated heterocycles. The molecule has 2 aliphatic heterocycles. The molecular formula is C13H16ClF2N2O7PS. The topological polar surface area (TPSA) is 112 Å². The molecule has 2 unspecified atom stereocenters. The highest BCUT2D eigenvalue weighted by Crippen LogP contribution is 2.61. The highest BCUT2D eigenvalue weighted by atomic mass is 35.5. The average Bonchev–Trinajstić information content (AvgIpc) is 2.84. The Morgan fingerprint density at radius 2 is 2.19 bits per heavy atom. The number of halogens is 3.